The molecule has 4 rings (SSSR count). The van der Waals surface area contributed by atoms with Gasteiger partial charge in [0.25, 0.3) is 0 Å². The third kappa shape index (κ3) is 4.93. The predicted octanol–water partition coefficient (Wildman–Crippen LogP) is 2.61. The van der Waals surface area contributed by atoms with E-state index in [1.807, 2.05) is 0 Å². The SMILES string of the molecule is COc1cccc(OC)c1-n1c(NS(=O)(=O)[C@@H](C)[C@H](C)c2ncc(Cl)cn2)nnc1C1CCC(=O)N1. The van der Waals surface area contributed by atoms with Crippen molar-refractivity contribution in [2.75, 3.05) is 18.9 Å². The van der Waals surface area contributed by atoms with Crippen molar-refractivity contribution >= 4 is 33.5 Å². The van der Waals surface area contributed by atoms with Crippen molar-refractivity contribution in [2.45, 2.75) is 43.9 Å². The summed E-state index contributed by atoms with van der Waals surface area (Å²) in [6, 6.07) is 4.67. The van der Waals surface area contributed by atoms with Crippen LogP contribution in [0.15, 0.2) is 30.6 Å². The van der Waals surface area contributed by atoms with Gasteiger partial charge in [0.05, 0.1) is 30.5 Å². The van der Waals surface area contributed by atoms with Crippen molar-refractivity contribution in [3.63, 3.8) is 0 Å². The van der Waals surface area contributed by atoms with Gasteiger partial charge in [-0.3, -0.25) is 14.1 Å². The molecule has 0 radical (unpaired) electrons. The number of para-hydroxylation sites is 1. The lowest BCUT2D eigenvalue weighted by atomic mass is 10.1. The smallest absolute Gasteiger partial charge is 0.243 e. The van der Waals surface area contributed by atoms with Gasteiger partial charge in [0.2, 0.25) is 21.9 Å². The van der Waals surface area contributed by atoms with E-state index in [1.54, 1.807) is 32.0 Å². The van der Waals surface area contributed by atoms with E-state index >= 15 is 0 Å². The lowest BCUT2D eigenvalue weighted by Crippen LogP contribution is -2.31. The Morgan fingerprint density at radius 1 is 1.14 bits per heavy atom. The van der Waals surface area contributed by atoms with Gasteiger partial charge in [-0.25, -0.2) is 18.4 Å². The van der Waals surface area contributed by atoms with Crippen LogP contribution in [-0.4, -0.2) is 58.5 Å². The molecule has 192 valence electrons. The van der Waals surface area contributed by atoms with E-state index in [4.69, 9.17) is 21.1 Å². The van der Waals surface area contributed by atoms with Crippen LogP contribution < -0.4 is 19.5 Å². The molecule has 1 unspecified atom stereocenters. The zero-order valence-electron chi connectivity index (χ0n) is 20.1. The second kappa shape index (κ2) is 10.3. The van der Waals surface area contributed by atoms with Crippen LogP contribution in [0.2, 0.25) is 5.02 Å². The van der Waals surface area contributed by atoms with Crippen molar-refractivity contribution in [3.8, 4) is 17.2 Å². The number of amides is 1. The first-order valence-electron chi connectivity index (χ1n) is 11.1. The number of nitrogens with zero attached hydrogens (tertiary/aromatic N) is 5. The zero-order chi connectivity index (χ0) is 26.0. The summed E-state index contributed by atoms with van der Waals surface area (Å²) in [5.74, 6) is 0.694. The number of aromatic nitrogens is 5. The molecule has 1 aliphatic heterocycles. The summed E-state index contributed by atoms with van der Waals surface area (Å²) in [6.07, 6.45) is 3.62. The molecular weight excluding hydrogens is 510 g/mol. The van der Waals surface area contributed by atoms with Gasteiger partial charge in [-0.05, 0) is 25.5 Å². The van der Waals surface area contributed by atoms with Crippen molar-refractivity contribution in [1.29, 1.82) is 0 Å². The van der Waals surface area contributed by atoms with Crippen molar-refractivity contribution in [2.24, 2.45) is 0 Å². The molecule has 2 aromatic heterocycles. The number of anilines is 1. The minimum Gasteiger partial charge on any atom is -0.494 e. The third-order valence-electron chi connectivity index (χ3n) is 6.10. The van der Waals surface area contributed by atoms with E-state index < -0.39 is 27.2 Å². The molecule has 12 nitrogen and oxygen atoms in total. The number of carbonyl (C=O) groups is 1. The van der Waals surface area contributed by atoms with Gasteiger partial charge in [0.15, 0.2) is 5.82 Å². The van der Waals surface area contributed by atoms with Gasteiger partial charge in [0.1, 0.15) is 23.0 Å². The first kappa shape index (κ1) is 25.6. The molecule has 3 aromatic rings. The zero-order valence-corrected chi connectivity index (χ0v) is 21.7. The summed E-state index contributed by atoms with van der Waals surface area (Å²) in [7, 11) is -1.05. The van der Waals surface area contributed by atoms with E-state index in [2.05, 4.69) is 30.2 Å². The number of hydrogen-bond donors (Lipinski definition) is 2. The fraction of sp³-hybridized carbons (Fsp3) is 0.409. The van der Waals surface area contributed by atoms with E-state index in [1.165, 1.54) is 31.2 Å². The number of rotatable bonds is 9. The molecule has 1 saturated heterocycles. The number of sulfonamides is 1. The number of benzene rings is 1. The topological polar surface area (TPSA) is 150 Å². The molecule has 1 aliphatic rings. The molecular formula is C22H26ClN7O5S. The highest BCUT2D eigenvalue weighted by atomic mass is 35.5. The van der Waals surface area contributed by atoms with Crippen molar-refractivity contribution < 1.29 is 22.7 Å². The maximum absolute atomic E-state index is 13.5. The van der Waals surface area contributed by atoms with Gasteiger partial charge in [0, 0.05) is 24.7 Å². The molecule has 0 aliphatic carbocycles. The number of methoxy groups -OCH3 is 2. The average molecular weight is 536 g/mol. The first-order valence-corrected chi connectivity index (χ1v) is 13.0. The molecule has 1 fully saturated rings. The van der Waals surface area contributed by atoms with Gasteiger partial charge in [-0.2, -0.15) is 0 Å². The van der Waals surface area contributed by atoms with Crippen LogP contribution >= 0.6 is 11.6 Å². The molecule has 2 N–H and O–H groups in total. The van der Waals surface area contributed by atoms with Crippen LogP contribution in [0.25, 0.3) is 5.69 Å². The highest BCUT2D eigenvalue weighted by Gasteiger charge is 2.35. The Kier molecular flexibility index (Phi) is 7.31. The van der Waals surface area contributed by atoms with Gasteiger partial charge >= 0.3 is 0 Å². The predicted molar refractivity (Wildman–Crippen MR) is 132 cm³/mol. The summed E-state index contributed by atoms with van der Waals surface area (Å²) in [4.78, 5) is 20.2. The lowest BCUT2D eigenvalue weighted by molar-refractivity contribution is -0.119. The highest BCUT2D eigenvalue weighted by Crippen LogP contribution is 2.38. The quantitative estimate of drug-likeness (QED) is 0.421. The second-order valence-corrected chi connectivity index (χ2v) is 10.8. The Morgan fingerprint density at radius 3 is 2.33 bits per heavy atom. The van der Waals surface area contributed by atoms with E-state index in [0.717, 1.165) is 0 Å². The Bertz CT molecular complexity index is 1340. The van der Waals surface area contributed by atoms with Crippen molar-refractivity contribution in [3.05, 3.63) is 47.3 Å². The molecule has 0 bridgehead atoms. The van der Waals surface area contributed by atoms with Crippen LogP contribution in [0.1, 0.15) is 50.3 Å². The Morgan fingerprint density at radius 2 is 1.78 bits per heavy atom. The number of ether oxygens (including phenoxy) is 2. The standard InChI is InChI=1S/C22H26ClN7O5S/c1-12(20-24-10-14(23)11-25-20)13(2)36(32,33)29-22-28-27-21(15-8-9-18(31)26-15)30(22)19-16(34-3)6-5-7-17(19)35-4/h5-7,10-13,15H,8-9H2,1-4H3,(H,26,31)(H,28,29)/t12-,13-,15?/m0/s1. The van der Waals surface area contributed by atoms with Gasteiger partial charge < -0.3 is 14.8 Å². The largest absolute Gasteiger partial charge is 0.494 e. The summed E-state index contributed by atoms with van der Waals surface area (Å²) >= 11 is 5.86. The fourth-order valence-corrected chi connectivity index (χ4v) is 5.25. The van der Waals surface area contributed by atoms with Crippen LogP contribution in [-0.2, 0) is 14.8 Å². The Labute approximate surface area is 213 Å². The lowest BCUT2D eigenvalue weighted by Gasteiger charge is -2.22. The summed E-state index contributed by atoms with van der Waals surface area (Å²) < 4.78 is 42.0. The molecule has 36 heavy (non-hydrogen) atoms. The molecule has 3 heterocycles. The van der Waals surface area contributed by atoms with E-state index in [9.17, 15) is 13.2 Å². The molecule has 14 heteroatoms. The fourth-order valence-electron chi connectivity index (χ4n) is 3.92. The number of halogens is 1. The molecule has 3 atom stereocenters. The minimum atomic E-state index is -4.02. The first-order chi connectivity index (χ1) is 17.2. The van der Waals surface area contributed by atoms with Crippen LogP contribution in [0.5, 0.6) is 11.5 Å². The van der Waals surface area contributed by atoms with E-state index in [-0.39, 0.29) is 11.9 Å². The number of carbonyl (C=O) groups excluding carboxylic acids is 1. The summed E-state index contributed by atoms with van der Waals surface area (Å²) in [6.45, 7) is 3.26. The summed E-state index contributed by atoms with van der Waals surface area (Å²) in [5.41, 5.74) is 0.392. The van der Waals surface area contributed by atoms with Crippen LogP contribution in [0.4, 0.5) is 5.95 Å². The highest BCUT2D eigenvalue weighted by molar-refractivity contribution is 7.93. The third-order valence-corrected chi connectivity index (χ3v) is 8.14. The average Bonchev–Trinajstić information content (AvgIpc) is 3.48. The summed E-state index contributed by atoms with van der Waals surface area (Å²) in [5, 5.41) is 10.6. The van der Waals surface area contributed by atoms with Gasteiger partial charge in [-0.1, -0.05) is 24.6 Å². The van der Waals surface area contributed by atoms with Crippen molar-refractivity contribution in [1.82, 2.24) is 30.0 Å². The minimum absolute atomic E-state index is 0.0787. The maximum Gasteiger partial charge on any atom is 0.243 e. The van der Waals surface area contributed by atoms with E-state index in [0.29, 0.717) is 46.7 Å². The monoisotopic (exact) mass is 535 g/mol. The molecule has 0 spiro atoms. The molecule has 1 aromatic carbocycles. The maximum atomic E-state index is 13.5. The normalized spacial score (nSPS) is 17.4. The number of hydrogen-bond acceptors (Lipinski definition) is 9. The van der Waals surface area contributed by atoms with Crippen LogP contribution in [0.3, 0.4) is 0 Å². The number of nitrogens with one attached hydrogen (secondary N) is 2. The Hall–Kier alpha value is -3.45. The second-order valence-electron chi connectivity index (χ2n) is 8.29. The Balaban J connectivity index is 1.77. The van der Waals surface area contributed by atoms with Gasteiger partial charge in [-0.15, -0.1) is 10.2 Å². The molecule has 1 amide bonds. The van der Waals surface area contributed by atoms with Crippen LogP contribution in [0, 0.1) is 0 Å². The molecule has 0 saturated carbocycles.